The maximum Gasteiger partial charge on any atom is 0.306 e. The molecule has 0 heterocycles. The number of amides is 1. The summed E-state index contributed by atoms with van der Waals surface area (Å²) in [6.45, 7) is 6.16. The first-order valence-corrected chi connectivity index (χ1v) is 25.4. The third kappa shape index (κ3) is 44.7. The molecule has 0 aliphatic carbocycles. The van der Waals surface area contributed by atoms with Crippen molar-refractivity contribution in [1.82, 2.24) is 5.32 Å². The van der Waals surface area contributed by atoms with Crippen molar-refractivity contribution in [1.29, 1.82) is 0 Å². The zero-order chi connectivity index (χ0) is 45.9. The molecule has 0 aromatic rings. The van der Waals surface area contributed by atoms with Crippen molar-refractivity contribution in [2.75, 3.05) is 6.61 Å². The van der Waals surface area contributed by atoms with E-state index in [-0.39, 0.29) is 24.9 Å². The quantitative estimate of drug-likeness (QED) is 0.0322. The zero-order valence-electron chi connectivity index (χ0n) is 40.4. The van der Waals surface area contributed by atoms with Gasteiger partial charge in [-0.25, -0.2) is 0 Å². The van der Waals surface area contributed by atoms with E-state index < -0.39 is 18.2 Å². The summed E-state index contributed by atoms with van der Waals surface area (Å²) in [6, 6.07) is -0.743. The highest BCUT2D eigenvalue weighted by Crippen LogP contribution is 2.17. The Bertz CT molecular complexity index is 1350. The van der Waals surface area contributed by atoms with Crippen LogP contribution in [0.2, 0.25) is 0 Å². The highest BCUT2D eigenvalue weighted by atomic mass is 16.5. The molecule has 0 aliphatic rings. The van der Waals surface area contributed by atoms with E-state index in [1.807, 2.05) is 97.2 Å². The van der Waals surface area contributed by atoms with Gasteiger partial charge in [0, 0.05) is 6.42 Å². The van der Waals surface area contributed by atoms with Crippen molar-refractivity contribution in [3.05, 3.63) is 122 Å². The summed E-state index contributed by atoms with van der Waals surface area (Å²) >= 11 is 0. The SMILES string of the molecule is CC\C=C/C=C/C=C/C=C\C=C\C=C\CCCC(CC(=O)NC(CO)C(O)CCCCCCCCCCCCCCCCCC)OC(=O)CCCCC\C=C/C=C\C=C\C=C\CC. The molecule has 0 saturated carbocycles. The normalized spacial score (nSPS) is 14.3. The number of unbranched alkanes of at least 4 members (excludes halogenated alkanes) is 19. The fraction of sp³-hybridized carbons (Fsp3) is 0.614. The standard InChI is InChI=1S/C57H93NO5/c1-4-7-10-13-16-19-22-25-27-29-32-34-37-40-43-46-49-55(60)54(52-59)58-56(61)51-53(48-45-42-39-36-33-31-28-26-23-20-17-14-11-8-5-2)63-57(62)50-47-44-41-38-35-30-24-21-18-15-12-9-6-3/h8-9,11-12,14-15,17-18,20-21,23-24,26,28,30-31,33,35-36,39,53-55,59-60H,4-7,10,13,16,19,22,25,27,29,32,34,37-38,40-52H2,1-3H3,(H,58,61)/b11-8-,12-9+,17-14+,18-15+,23-20+,24-21-,28-26-,33-31+,35-30-,39-36+. The third-order valence-electron chi connectivity index (χ3n) is 10.8. The first-order valence-electron chi connectivity index (χ1n) is 25.4. The summed E-state index contributed by atoms with van der Waals surface area (Å²) in [5.74, 6) is -0.608. The smallest absolute Gasteiger partial charge is 0.306 e. The van der Waals surface area contributed by atoms with E-state index in [9.17, 15) is 19.8 Å². The van der Waals surface area contributed by atoms with Crippen molar-refractivity contribution >= 4 is 11.9 Å². The van der Waals surface area contributed by atoms with Crippen LogP contribution in [0.1, 0.15) is 201 Å². The minimum atomic E-state index is -0.823. The molecule has 0 aliphatic heterocycles. The Hall–Kier alpha value is -3.74. The van der Waals surface area contributed by atoms with Gasteiger partial charge >= 0.3 is 5.97 Å². The fourth-order valence-corrected chi connectivity index (χ4v) is 7.01. The summed E-state index contributed by atoms with van der Waals surface area (Å²) in [4.78, 5) is 26.1. The average Bonchev–Trinajstić information content (AvgIpc) is 3.28. The Morgan fingerprint density at radius 2 is 0.873 bits per heavy atom. The number of carbonyl (C=O) groups is 2. The number of hydrogen-bond acceptors (Lipinski definition) is 5. The predicted molar refractivity (Wildman–Crippen MR) is 273 cm³/mol. The summed E-state index contributed by atoms with van der Waals surface area (Å²) in [6.07, 6.45) is 68.3. The maximum atomic E-state index is 13.2. The molecular formula is C57H93NO5. The van der Waals surface area contributed by atoms with E-state index in [4.69, 9.17) is 4.74 Å². The number of allylic oxidation sites excluding steroid dienone is 20. The molecule has 356 valence electrons. The lowest BCUT2D eigenvalue weighted by Crippen LogP contribution is -2.46. The van der Waals surface area contributed by atoms with Crippen molar-refractivity contribution < 1.29 is 24.5 Å². The van der Waals surface area contributed by atoms with E-state index in [1.165, 1.54) is 83.5 Å². The minimum Gasteiger partial charge on any atom is -0.462 e. The number of aliphatic hydroxyl groups excluding tert-OH is 2. The number of carbonyl (C=O) groups excluding carboxylic acids is 2. The first-order chi connectivity index (χ1) is 31.0. The molecule has 0 aromatic carbocycles. The van der Waals surface area contributed by atoms with Gasteiger partial charge in [0.15, 0.2) is 0 Å². The third-order valence-corrected chi connectivity index (χ3v) is 10.8. The van der Waals surface area contributed by atoms with Crippen LogP contribution in [0.15, 0.2) is 122 Å². The lowest BCUT2D eigenvalue weighted by Gasteiger charge is -2.24. The molecule has 0 saturated heterocycles. The minimum absolute atomic E-state index is 0.00239. The van der Waals surface area contributed by atoms with E-state index in [0.29, 0.717) is 19.3 Å². The molecule has 3 N–H and O–H groups in total. The van der Waals surface area contributed by atoms with Crippen LogP contribution >= 0.6 is 0 Å². The Morgan fingerprint density at radius 3 is 1.32 bits per heavy atom. The Kier molecular flexibility index (Phi) is 46.4. The van der Waals surface area contributed by atoms with Gasteiger partial charge in [-0.05, 0) is 57.8 Å². The molecule has 0 aromatic heterocycles. The molecule has 3 unspecified atom stereocenters. The fourth-order valence-electron chi connectivity index (χ4n) is 7.01. The summed E-state index contributed by atoms with van der Waals surface area (Å²) in [7, 11) is 0. The van der Waals surface area contributed by atoms with Crippen molar-refractivity contribution in [3.63, 3.8) is 0 Å². The van der Waals surface area contributed by atoms with Crippen LogP contribution in [-0.2, 0) is 14.3 Å². The van der Waals surface area contributed by atoms with Gasteiger partial charge in [-0.2, -0.15) is 0 Å². The molecule has 0 radical (unpaired) electrons. The van der Waals surface area contributed by atoms with E-state index in [2.05, 4.69) is 50.4 Å². The molecule has 3 atom stereocenters. The molecule has 0 bridgehead atoms. The zero-order valence-corrected chi connectivity index (χ0v) is 40.4. The second-order valence-corrected chi connectivity index (χ2v) is 16.7. The van der Waals surface area contributed by atoms with E-state index in [1.54, 1.807) is 0 Å². The van der Waals surface area contributed by atoms with Gasteiger partial charge in [0.1, 0.15) is 6.10 Å². The Balaban J connectivity index is 4.77. The molecule has 0 fully saturated rings. The molecule has 0 rings (SSSR count). The number of hydrogen-bond donors (Lipinski definition) is 3. The van der Waals surface area contributed by atoms with Gasteiger partial charge in [-0.3, -0.25) is 9.59 Å². The monoisotopic (exact) mass is 872 g/mol. The van der Waals surface area contributed by atoms with Gasteiger partial charge in [0.05, 0.1) is 25.2 Å². The van der Waals surface area contributed by atoms with Crippen molar-refractivity contribution in [3.8, 4) is 0 Å². The number of ether oxygens (including phenoxy) is 1. The average molecular weight is 872 g/mol. The number of nitrogens with one attached hydrogen (secondary N) is 1. The van der Waals surface area contributed by atoms with Gasteiger partial charge in [0.2, 0.25) is 5.91 Å². The summed E-state index contributed by atoms with van der Waals surface area (Å²) in [5.41, 5.74) is 0. The molecular weight excluding hydrogens is 779 g/mol. The Labute approximate surface area is 387 Å². The van der Waals surface area contributed by atoms with Crippen LogP contribution in [0.4, 0.5) is 0 Å². The van der Waals surface area contributed by atoms with Crippen molar-refractivity contribution in [2.45, 2.75) is 219 Å². The molecule has 6 nitrogen and oxygen atoms in total. The first kappa shape index (κ1) is 59.3. The van der Waals surface area contributed by atoms with Crippen LogP contribution < -0.4 is 5.32 Å². The van der Waals surface area contributed by atoms with E-state index in [0.717, 1.165) is 70.6 Å². The summed E-state index contributed by atoms with van der Waals surface area (Å²) in [5, 5.41) is 23.8. The van der Waals surface area contributed by atoms with Crippen LogP contribution in [0.25, 0.3) is 0 Å². The van der Waals surface area contributed by atoms with Gasteiger partial charge in [-0.1, -0.05) is 251 Å². The summed E-state index contributed by atoms with van der Waals surface area (Å²) < 4.78 is 5.87. The largest absolute Gasteiger partial charge is 0.462 e. The number of rotatable bonds is 43. The van der Waals surface area contributed by atoms with Crippen LogP contribution in [0.3, 0.4) is 0 Å². The van der Waals surface area contributed by atoms with Gasteiger partial charge in [-0.15, -0.1) is 0 Å². The van der Waals surface area contributed by atoms with Crippen LogP contribution in [0, 0.1) is 0 Å². The molecule has 63 heavy (non-hydrogen) atoms. The molecule has 6 heteroatoms. The molecule has 1 amide bonds. The van der Waals surface area contributed by atoms with E-state index >= 15 is 0 Å². The Morgan fingerprint density at radius 1 is 0.476 bits per heavy atom. The predicted octanol–water partition coefficient (Wildman–Crippen LogP) is 15.3. The van der Waals surface area contributed by atoms with Crippen molar-refractivity contribution in [2.24, 2.45) is 0 Å². The number of esters is 1. The van der Waals surface area contributed by atoms with Gasteiger partial charge < -0.3 is 20.3 Å². The molecule has 0 spiro atoms. The maximum absolute atomic E-state index is 13.2. The highest BCUT2D eigenvalue weighted by molar-refractivity contribution is 5.77. The van der Waals surface area contributed by atoms with Gasteiger partial charge in [0.25, 0.3) is 0 Å². The second kappa shape index (κ2) is 49.3. The lowest BCUT2D eigenvalue weighted by molar-refractivity contribution is -0.151. The second-order valence-electron chi connectivity index (χ2n) is 16.7. The van der Waals surface area contributed by atoms with Crippen LogP contribution in [-0.4, -0.2) is 46.9 Å². The lowest BCUT2D eigenvalue weighted by atomic mass is 10.0. The topological polar surface area (TPSA) is 95.9 Å². The number of aliphatic hydroxyl groups is 2. The van der Waals surface area contributed by atoms with Crippen LogP contribution in [0.5, 0.6) is 0 Å². The highest BCUT2D eigenvalue weighted by Gasteiger charge is 2.24.